The van der Waals surface area contributed by atoms with Crippen LogP contribution in [0.3, 0.4) is 0 Å². The number of pyridine rings is 1. The lowest BCUT2D eigenvalue weighted by Crippen LogP contribution is -2.23. The first-order valence-electron chi connectivity index (χ1n) is 11.0. The van der Waals surface area contributed by atoms with Crippen molar-refractivity contribution in [1.82, 2.24) is 10.3 Å². The number of aryl methyl sites for hydroxylation is 1. The van der Waals surface area contributed by atoms with Crippen molar-refractivity contribution in [2.75, 3.05) is 0 Å². The summed E-state index contributed by atoms with van der Waals surface area (Å²) in [4.78, 5) is 15.1. The Morgan fingerprint density at radius 1 is 1.16 bits per heavy atom. The number of benzene rings is 1. The molecule has 1 N–H and O–H groups in total. The molecule has 1 aromatic heterocycles. The highest BCUT2D eigenvalue weighted by atomic mass is 19.1. The van der Waals surface area contributed by atoms with Crippen molar-refractivity contribution in [3.63, 3.8) is 0 Å². The molecule has 0 amide bonds. The highest BCUT2D eigenvalue weighted by Gasteiger charge is 2.15. The Kier molecular flexibility index (Phi) is 9.79. The van der Waals surface area contributed by atoms with E-state index in [1.165, 1.54) is 12.1 Å². The molecule has 1 aromatic carbocycles. The molecule has 0 aliphatic heterocycles. The molecule has 0 saturated heterocycles. The Balaban J connectivity index is 2.50. The van der Waals surface area contributed by atoms with Crippen molar-refractivity contribution in [2.45, 2.75) is 60.4 Å². The van der Waals surface area contributed by atoms with Gasteiger partial charge in [0.2, 0.25) is 0 Å². The topological polar surface area (TPSA) is 58.9 Å². The quantitative estimate of drug-likeness (QED) is 0.210. The van der Waals surface area contributed by atoms with Gasteiger partial charge in [-0.15, -0.1) is 0 Å². The molecular weight excluding hydrogens is 403 g/mol. The fraction of sp³-hybridized carbons (Fsp3) is 0.346. The molecule has 1 unspecified atom stereocenters. The molecular formula is C26H33FN4O. The lowest BCUT2D eigenvalue weighted by atomic mass is 10.0. The average molecular weight is 437 g/mol. The lowest BCUT2D eigenvalue weighted by molar-refractivity contribution is 0.208. The van der Waals surface area contributed by atoms with E-state index in [1.807, 2.05) is 59.0 Å². The van der Waals surface area contributed by atoms with E-state index in [-0.39, 0.29) is 11.9 Å². The maximum Gasteiger partial charge on any atom is 0.155 e. The van der Waals surface area contributed by atoms with E-state index in [1.54, 1.807) is 18.3 Å². The SMILES string of the molecule is CC/C=C/NC(=NC(C)/C(=C\CC)ON=C(C)C)c1cc(-c2ccc(F)cc2)cnc1C. The molecule has 32 heavy (non-hydrogen) atoms. The molecule has 2 aromatic rings. The number of halogens is 1. The van der Waals surface area contributed by atoms with Gasteiger partial charge in [-0.1, -0.05) is 37.2 Å². The minimum absolute atomic E-state index is 0.260. The summed E-state index contributed by atoms with van der Waals surface area (Å²) in [6.45, 7) is 11.8. The first-order chi connectivity index (χ1) is 15.3. The van der Waals surface area contributed by atoms with Crippen LogP contribution in [-0.4, -0.2) is 22.6 Å². The Hall–Kier alpha value is -3.28. The summed E-state index contributed by atoms with van der Waals surface area (Å²) in [5.41, 5.74) is 4.31. The van der Waals surface area contributed by atoms with Gasteiger partial charge >= 0.3 is 0 Å². The van der Waals surface area contributed by atoms with Crippen LogP contribution >= 0.6 is 0 Å². The minimum Gasteiger partial charge on any atom is -0.360 e. The van der Waals surface area contributed by atoms with Gasteiger partial charge < -0.3 is 10.2 Å². The third-order valence-electron chi connectivity index (χ3n) is 4.57. The van der Waals surface area contributed by atoms with Crippen molar-refractivity contribution in [3.8, 4) is 11.1 Å². The third kappa shape index (κ3) is 7.45. The van der Waals surface area contributed by atoms with Crippen LogP contribution in [0.5, 0.6) is 0 Å². The summed E-state index contributed by atoms with van der Waals surface area (Å²) in [5.74, 6) is 1.10. The molecule has 0 bridgehead atoms. The number of allylic oxidation sites excluding steroid dienone is 2. The number of oxime groups is 1. The van der Waals surface area contributed by atoms with E-state index >= 15 is 0 Å². The van der Waals surface area contributed by atoms with Crippen LogP contribution < -0.4 is 5.32 Å². The van der Waals surface area contributed by atoms with E-state index in [4.69, 9.17) is 9.83 Å². The van der Waals surface area contributed by atoms with Crippen LogP contribution in [0.15, 0.2) is 70.8 Å². The normalized spacial score (nSPS) is 13.2. The fourth-order valence-corrected chi connectivity index (χ4v) is 2.90. The number of hydrogen-bond acceptors (Lipinski definition) is 4. The summed E-state index contributed by atoms with van der Waals surface area (Å²) in [6.07, 6.45) is 9.40. The van der Waals surface area contributed by atoms with Gasteiger partial charge in [-0.3, -0.25) is 9.98 Å². The zero-order valence-electron chi connectivity index (χ0n) is 19.8. The number of amidine groups is 1. The predicted molar refractivity (Wildman–Crippen MR) is 131 cm³/mol. The molecule has 5 nitrogen and oxygen atoms in total. The number of nitrogens with one attached hydrogen (secondary N) is 1. The number of nitrogens with zero attached hydrogens (tertiary/aromatic N) is 3. The van der Waals surface area contributed by atoms with Gasteiger partial charge in [0.25, 0.3) is 0 Å². The number of aliphatic imine (C=N–C) groups is 1. The lowest BCUT2D eigenvalue weighted by Gasteiger charge is -2.16. The maximum absolute atomic E-state index is 13.4. The summed E-state index contributed by atoms with van der Waals surface area (Å²) in [7, 11) is 0. The van der Waals surface area contributed by atoms with E-state index in [9.17, 15) is 4.39 Å². The molecule has 0 radical (unpaired) electrons. The number of rotatable bonds is 9. The third-order valence-corrected chi connectivity index (χ3v) is 4.57. The second-order valence-electron chi connectivity index (χ2n) is 7.62. The largest absolute Gasteiger partial charge is 0.360 e. The van der Waals surface area contributed by atoms with Crippen molar-refractivity contribution in [3.05, 3.63) is 77.7 Å². The molecule has 0 aliphatic rings. The second-order valence-corrected chi connectivity index (χ2v) is 7.62. The summed E-state index contributed by atoms with van der Waals surface area (Å²) in [6, 6.07) is 8.15. The van der Waals surface area contributed by atoms with Crippen molar-refractivity contribution < 1.29 is 9.23 Å². The molecule has 0 spiro atoms. The first kappa shape index (κ1) is 25.0. The number of aromatic nitrogens is 1. The molecule has 0 saturated carbocycles. The van der Waals surface area contributed by atoms with Crippen molar-refractivity contribution in [2.24, 2.45) is 10.1 Å². The fourth-order valence-electron chi connectivity index (χ4n) is 2.90. The highest BCUT2D eigenvalue weighted by molar-refractivity contribution is 6.01. The Labute approximate surface area is 190 Å². The average Bonchev–Trinajstić information content (AvgIpc) is 2.77. The molecule has 0 fully saturated rings. The van der Waals surface area contributed by atoms with Gasteiger partial charge in [-0.25, -0.2) is 4.39 Å². The van der Waals surface area contributed by atoms with E-state index in [2.05, 4.69) is 22.4 Å². The number of hydrogen-bond donors (Lipinski definition) is 1. The molecule has 1 heterocycles. The molecule has 1 atom stereocenters. The van der Waals surface area contributed by atoms with E-state index in [0.29, 0.717) is 11.6 Å². The molecule has 6 heteroatoms. The molecule has 2 rings (SSSR count). The van der Waals surface area contributed by atoms with Crippen LogP contribution in [0, 0.1) is 12.7 Å². The van der Waals surface area contributed by atoms with Crippen LogP contribution in [0.1, 0.15) is 58.7 Å². The van der Waals surface area contributed by atoms with Gasteiger partial charge in [0.15, 0.2) is 5.76 Å². The van der Waals surface area contributed by atoms with Crippen molar-refractivity contribution in [1.29, 1.82) is 0 Å². The minimum atomic E-state index is -0.267. The van der Waals surface area contributed by atoms with Gasteiger partial charge in [-0.2, -0.15) is 0 Å². The second kappa shape index (κ2) is 12.5. The Morgan fingerprint density at radius 2 is 1.88 bits per heavy atom. The summed E-state index contributed by atoms with van der Waals surface area (Å²) < 4.78 is 13.4. The van der Waals surface area contributed by atoms with Crippen LogP contribution in [0.25, 0.3) is 11.1 Å². The highest BCUT2D eigenvalue weighted by Crippen LogP contribution is 2.22. The molecule has 0 aliphatic carbocycles. The zero-order chi connectivity index (χ0) is 23.5. The first-order valence-corrected chi connectivity index (χ1v) is 11.0. The zero-order valence-corrected chi connectivity index (χ0v) is 19.8. The van der Waals surface area contributed by atoms with Gasteiger partial charge in [-0.05, 0) is 76.6 Å². The van der Waals surface area contributed by atoms with Gasteiger partial charge in [0, 0.05) is 23.0 Å². The Morgan fingerprint density at radius 3 is 2.50 bits per heavy atom. The van der Waals surface area contributed by atoms with Crippen LogP contribution in [-0.2, 0) is 4.84 Å². The van der Waals surface area contributed by atoms with Crippen LogP contribution in [0.2, 0.25) is 0 Å². The smallest absolute Gasteiger partial charge is 0.155 e. The van der Waals surface area contributed by atoms with Gasteiger partial charge in [0.05, 0.1) is 5.71 Å². The monoisotopic (exact) mass is 436 g/mol. The summed E-state index contributed by atoms with van der Waals surface area (Å²) >= 11 is 0. The van der Waals surface area contributed by atoms with Crippen LogP contribution in [0.4, 0.5) is 4.39 Å². The van der Waals surface area contributed by atoms with Gasteiger partial charge in [0.1, 0.15) is 17.7 Å². The van der Waals surface area contributed by atoms with E-state index in [0.717, 1.165) is 40.9 Å². The predicted octanol–water partition coefficient (Wildman–Crippen LogP) is 6.55. The summed E-state index contributed by atoms with van der Waals surface area (Å²) in [5, 5.41) is 7.41. The standard InChI is InChI=1S/C26H33FN4O/c1-7-9-15-28-26(30-20(6)25(10-8-2)32-31-18(3)4)24-16-22(17-29-19(24)5)21-11-13-23(27)14-12-21/h9-17,20H,7-8H2,1-6H3,(H,28,30)/b15-9+,25-10+. The van der Waals surface area contributed by atoms with E-state index < -0.39 is 0 Å². The Bertz CT molecular complexity index is 1000. The van der Waals surface area contributed by atoms with Crippen molar-refractivity contribution >= 4 is 11.5 Å². The molecule has 170 valence electrons. The maximum atomic E-state index is 13.4.